The summed E-state index contributed by atoms with van der Waals surface area (Å²) < 4.78 is 14.9. The molecule has 3 aromatic carbocycles. The largest absolute Gasteiger partial charge is 0.493 e. The number of nitrogens with zero attached hydrogens (tertiary/aromatic N) is 4. The molecule has 0 bridgehead atoms. The number of ether oxygens (including phenoxy) is 2. The van der Waals surface area contributed by atoms with Crippen molar-refractivity contribution in [3.05, 3.63) is 102 Å². The topological polar surface area (TPSA) is 174 Å². The number of benzene rings is 3. The van der Waals surface area contributed by atoms with Crippen LogP contribution in [0.1, 0.15) is 70.4 Å². The summed E-state index contributed by atoms with van der Waals surface area (Å²) in [7, 11) is 5.05. The van der Waals surface area contributed by atoms with Gasteiger partial charge in [0.1, 0.15) is 11.4 Å². The van der Waals surface area contributed by atoms with Crippen molar-refractivity contribution in [2.24, 2.45) is 19.1 Å². The van der Waals surface area contributed by atoms with E-state index in [1.54, 1.807) is 95.1 Å². The number of anilines is 4. The molecule has 14 nitrogen and oxygen atoms in total. The summed E-state index contributed by atoms with van der Waals surface area (Å²) in [5.41, 5.74) is 11.6. The molecule has 5 N–H and O–H groups in total. The van der Waals surface area contributed by atoms with Crippen molar-refractivity contribution >= 4 is 58.3 Å². The highest BCUT2D eigenvalue weighted by molar-refractivity contribution is 6.06. The molecule has 1 aliphatic heterocycles. The lowest BCUT2D eigenvalue weighted by Crippen LogP contribution is -2.32. The van der Waals surface area contributed by atoms with E-state index in [0.29, 0.717) is 76.4 Å². The Hall–Kier alpha value is -6.83. The van der Waals surface area contributed by atoms with Gasteiger partial charge < -0.3 is 45.2 Å². The van der Waals surface area contributed by atoms with E-state index in [2.05, 4.69) is 27.9 Å². The first-order valence-corrected chi connectivity index (χ1v) is 18.9. The lowest BCUT2D eigenvalue weighted by molar-refractivity contribution is -0.116. The molecule has 0 saturated carbocycles. The van der Waals surface area contributed by atoms with Crippen LogP contribution in [0.15, 0.2) is 90.2 Å². The standard InChI is InChI=1S/C43H48N8O6/c1-5-6-7-19-51-20-18-45-35-25-39(38(56-4)24-34(35)43(51)55)57-21-8-9-40(52)46-33-23-37(50(3)27-33)42(54)47-31-14-10-28(11-15-31)29-22-36(49(2)26-29)41(53)48-32-16-12-30(44)13-17-32/h10-18,22-27H,5-9,19-21,44H2,1-4H3,(H,46,52)(H,47,54)(H,48,53). The van der Waals surface area contributed by atoms with E-state index in [1.165, 1.54) is 7.11 Å². The number of hydrogen-bond acceptors (Lipinski definition) is 8. The molecule has 296 valence electrons. The smallest absolute Gasteiger partial charge is 0.272 e. The van der Waals surface area contributed by atoms with Gasteiger partial charge in [0.15, 0.2) is 11.5 Å². The van der Waals surface area contributed by atoms with Gasteiger partial charge in [0.2, 0.25) is 5.91 Å². The Bertz CT molecular complexity index is 2270. The first kappa shape index (κ1) is 39.9. The van der Waals surface area contributed by atoms with E-state index in [0.717, 1.165) is 30.4 Å². The molecule has 0 radical (unpaired) electrons. The molecule has 0 aliphatic carbocycles. The minimum absolute atomic E-state index is 0.0884. The van der Waals surface area contributed by atoms with Crippen LogP contribution >= 0.6 is 0 Å². The third-order valence-electron chi connectivity index (χ3n) is 9.57. The molecule has 0 saturated heterocycles. The fraction of sp³-hybridized carbons (Fsp3) is 0.279. The number of amides is 4. The molecule has 5 aromatic rings. The molecule has 0 spiro atoms. The first-order valence-electron chi connectivity index (χ1n) is 18.9. The minimum Gasteiger partial charge on any atom is -0.493 e. The molecule has 0 fully saturated rings. The Balaban J connectivity index is 0.984. The zero-order valence-corrected chi connectivity index (χ0v) is 32.6. The zero-order valence-electron chi connectivity index (χ0n) is 32.6. The van der Waals surface area contributed by atoms with Gasteiger partial charge in [-0.2, -0.15) is 0 Å². The second kappa shape index (κ2) is 18.2. The van der Waals surface area contributed by atoms with Gasteiger partial charge in [-0.05, 0) is 73.0 Å². The van der Waals surface area contributed by atoms with Crippen LogP contribution in [0.2, 0.25) is 0 Å². The monoisotopic (exact) mass is 772 g/mol. The van der Waals surface area contributed by atoms with Crippen LogP contribution in [0.3, 0.4) is 0 Å². The van der Waals surface area contributed by atoms with E-state index in [1.807, 2.05) is 24.4 Å². The van der Waals surface area contributed by atoms with Gasteiger partial charge in [0.05, 0.1) is 37.2 Å². The van der Waals surface area contributed by atoms with Crippen molar-refractivity contribution in [1.29, 1.82) is 0 Å². The molecule has 57 heavy (non-hydrogen) atoms. The third kappa shape index (κ3) is 9.89. The normalized spacial score (nSPS) is 12.1. The fourth-order valence-electron chi connectivity index (χ4n) is 6.48. The summed E-state index contributed by atoms with van der Waals surface area (Å²) in [4.78, 5) is 58.5. The zero-order chi connectivity index (χ0) is 40.5. The number of fused-ring (bicyclic) bond motifs is 1. The number of unbranched alkanes of at least 4 members (excludes halogenated alkanes) is 2. The van der Waals surface area contributed by atoms with Crippen LogP contribution in [-0.4, -0.2) is 70.7 Å². The molecule has 1 aliphatic rings. The Morgan fingerprint density at radius 1 is 0.772 bits per heavy atom. The first-order chi connectivity index (χ1) is 27.5. The predicted octanol–water partition coefficient (Wildman–Crippen LogP) is 7.27. The average molecular weight is 773 g/mol. The van der Waals surface area contributed by atoms with Gasteiger partial charge in [-0.25, -0.2) is 0 Å². The number of nitrogens with two attached hydrogens (primary N) is 1. The summed E-state index contributed by atoms with van der Waals surface area (Å²) in [6, 6.07) is 21.1. The van der Waals surface area contributed by atoms with Crippen LogP contribution < -0.4 is 31.2 Å². The van der Waals surface area contributed by atoms with Crippen LogP contribution in [0.4, 0.5) is 28.4 Å². The van der Waals surface area contributed by atoms with Crippen molar-refractivity contribution in [2.75, 3.05) is 48.5 Å². The Morgan fingerprint density at radius 2 is 1.44 bits per heavy atom. The maximum Gasteiger partial charge on any atom is 0.272 e. The van der Waals surface area contributed by atoms with E-state index in [4.69, 9.17) is 15.2 Å². The second-order valence-corrected chi connectivity index (χ2v) is 13.8. The number of rotatable bonds is 16. The van der Waals surface area contributed by atoms with E-state index < -0.39 is 0 Å². The summed E-state index contributed by atoms with van der Waals surface area (Å²) in [6.07, 6.45) is 8.94. The highest BCUT2D eigenvalue weighted by Gasteiger charge is 2.24. The second-order valence-electron chi connectivity index (χ2n) is 13.8. The summed E-state index contributed by atoms with van der Waals surface area (Å²) in [6.45, 7) is 3.47. The predicted molar refractivity (Wildman–Crippen MR) is 223 cm³/mol. The molecule has 4 amide bonds. The van der Waals surface area contributed by atoms with Crippen molar-refractivity contribution in [3.63, 3.8) is 0 Å². The van der Waals surface area contributed by atoms with E-state index in [-0.39, 0.29) is 36.7 Å². The van der Waals surface area contributed by atoms with Gasteiger partial charge in [0, 0.05) is 74.4 Å². The molecular formula is C43H48N8O6. The number of methoxy groups -OCH3 is 1. The molecule has 0 unspecified atom stereocenters. The summed E-state index contributed by atoms with van der Waals surface area (Å²) >= 11 is 0. The number of aromatic nitrogens is 2. The van der Waals surface area contributed by atoms with Gasteiger partial charge in [-0.15, -0.1) is 0 Å². The number of hydrogen-bond donors (Lipinski definition) is 4. The SMILES string of the molecule is CCCCCN1CC=Nc2cc(OCCCC(=O)Nc3cc(C(=O)Nc4ccc(-c5cc(C(=O)Nc6ccc(N)cc6)n(C)c5)cc4)n(C)c3)c(OC)cc2C1=O. The molecule has 0 atom stereocenters. The number of nitrogen functional groups attached to an aromatic ring is 1. The van der Waals surface area contributed by atoms with Crippen LogP contribution in [-0.2, 0) is 18.9 Å². The maximum atomic E-state index is 13.2. The van der Waals surface area contributed by atoms with Crippen molar-refractivity contribution < 1.29 is 28.7 Å². The number of aryl methyl sites for hydroxylation is 2. The van der Waals surface area contributed by atoms with Gasteiger partial charge in [-0.1, -0.05) is 31.9 Å². The number of carbonyl (C=O) groups excluding carboxylic acids is 4. The number of nitrogens with one attached hydrogen (secondary N) is 3. The number of aliphatic imine (C=N–C) groups is 1. The Labute approximate surface area is 331 Å². The summed E-state index contributed by atoms with van der Waals surface area (Å²) in [5.74, 6) is -0.0434. The molecule has 6 rings (SSSR count). The van der Waals surface area contributed by atoms with E-state index >= 15 is 0 Å². The van der Waals surface area contributed by atoms with Crippen LogP contribution in [0.25, 0.3) is 11.1 Å². The summed E-state index contributed by atoms with van der Waals surface area (Å²) in [5, 5.41) is 8.65. The van der Waals surface area contributed by atoms with Crippen molar-refractivity contribution in [2.45, 2.75) is 39.0 Å². The lowest BCUT2D eigenvalue weighted by atomic mass is 10.1. The van der Waals surface area contributed by atoms with Gasteiger partial charge in [0.25, 0.3) is 17.7 Å². The molecular weight excluding hydrogens is 725 g/mol. The quantitative estimate of drug-likeness (QED) is 0.0603. The minimum atomic E-state index is -0.342. The Morgan fingerprint density at radius 3 is 2.12 bits per heavy atom. The Kier molecular flexibility index (Phi) is 12.7. The maximum absolute atomic E-state index is 13.2. The molecule has 3 heterocycles. The molecule has 2 aromatic heterocycles. The van der Waals surface area contributed by atoms with Crippen molar-refractivity contribution in [1.82, 2.24) is 14.0 Å². The number of carbonyl (C=O) groups is 4. The highest BCUT2D eigenvalue weighted by atomic mass is 16.5. The van der Waals surface area contributed by atoms with Crippen LogP contribution in [0.5, 0.6) is 11.5 Å². The van der Waals surface area contributed by atoms with Gasteiger partial charge in [-0.3, -0.25) is 24.2 Å². The van der Waals surface area contributed by atoms with Gasteiger partial charge >= 0.3 is 0 Å². The van der Waals surface area contributed by atoms with E-state index in [9.17, 15) is 19.2 Å². The third-order valence-corrected chi connectivity index (χ3v) is 9.57. The highest BCUT2D eigenvalue weighted by Crippen LogP contribution is 2.36. The molecule has 14 heteroatoms. The van der Waals surface area contributed by atoms with Crippen LogP contribution in [0, 0.1) is 0 Å². The fourth-order valence-corrected chi connectivity index (χ4v) is 6.48. The lowest BCUT2D eigenvalue weighted by Gasteiger charge is -2.20. The van der Waals surface area contributed by atoms with Crippen molar-refractivity contribution in [3.8, 4) is 22.6 Å². The average Bonchev–Trinajstić information content (AvgIpc) is 3.73.